The summed E-state index contributed by atoms with van der Waals surface area (Å²) in [6, 6.07) is 151. The molecule has 0 atom stereocenters. The summed E-state index contributed by atoms with van der Waals surface area (Å²) in [5.41, 5.74) is 41.4. The van der Waals surface area contributed by atoms with Gasteiger partial charge in [0.1, 0.15) is 0 Å². The molecule has 117 heavy (non-hydrogen) atoms. The molecule has 19 rings (SSSR count). The molecule has 0 unspecified atom stereocenters. The Morgan fingerprint density at radius 2 is 0.462 bits per heavy atom. The van der Waals surface area contributed by atoms with E-state index >= 15 is 0 Å². The van der Waals surface area contributed by atoms with Crippen molar-refractivity contribution in [3.05, 3.63) is 417 Å². The molecule has 0 N–H and O–H groups in total. The van der Waals surface area contributed by atoms with E-state index in [4.69, 9.17) is 0 Å². The molecule has 2 aliphatic rings. The Morgan fingerprint density at radius 1 is 0.197 bits per heavy atom. The van der Waals surface area contributed by atoms with E-state index in [2.05, 4.69) is 472 Å². The molecule has 17 aromatic rings. The predicted octanol–water partition coefficient (Wildman–Crippen LogP) is 29.7. The average molecular weight is 1500 g/mol. The van der Waals surface area contributed by atoms with Gasteiger partial charge in [-0.3, -0.25) is 0 Å². The molecule has 0 saturated carbocycles. The lowest BCUT2D eigenvalue weighted by molar-refractivity contribution is 0.590. The van der Waals surface area contributed by atoms with Crippen LogP contribution in [0.4, 0.5) is 34.1 Å². The van der Waals surface area contributed by atoms with Gasteiger partial charge in [-0.15, -0.1) is 0 Å². The average Bonchev–Trinajstić information content (AvgIpc) is 0.686. The molecule has 2 aliphatic heterocycles. The standard InChI is InChI=1S/C114H93BN2/c1-112(2,3)91-72-105-110-106(73-91)117(111-99(84-56-36-18-37-57-84)66-89(67-100(111)85-58-38-19-39-59-85)88-64-95(80-48-28-14-29-49-80)108(113(4,5)6)96(65-88)81-50-30-15-31-51-81)104-63-61-87(77-42-22-11-23-43-77)71-102(104)115(110)101-70-86(76-40-20-10-21-41-76)60-62-103(101)116(105)92-74-93(78-44-24-12-25-45-78)107(94(75-92)79-46-26-13-27-47-79)90-68-97(82-52-32-16-33-53-82)109(114(7,8)9)98(69-90)83-54-34-17-35-55-83/h10-75H,1-9H3. The van der Waals surface area contributed by atoms with Crippen LogP contribution in [0.25, 0.3) is 134 Å². The van der Waals surface area contributed by atoms with E-state index in [1.54, 1.807) is 0 Å². The fraction of sp³-hybridized carbons (Fsp3) is 0.105. The Balaban J connectivity index is 0.950. The molecule has 562 valence electrons. The molecule has 0 fully saturated rings. The van der Waals surface area contributed by atoms with Crippen LogP contribution in [0.15, 0.2) is 400 Å². The van der Waals surface area contributed by atoms with E-state index in [-0.39, 0.29) is 23.0 Å². The highest BCUT2D eigenvalue weighted by molar-refractivity contribution is 7.00. The van der Waals surface area contributed by atoms with Crippen molar-refractivity contribution in [1.82, 2.24) is 0 Å². The maximum Gasteiger partial charge on any atom is 0.252 e. The molecule has 0 amide bonds. The Morgan fingerprint density at radius 3 is 0.769 bits per heavy atom. The Bertz CT molecular complexity index is 6300. The Hall–Kier alpha value is -13.6. The van der Waals surface area contributed by atoms with Crippen molar-refractivity contribution in [2.45, 2.75) is 78.6 Å². The molecule has 3 heteroatoms. The molecular formula is C114H93BN2. The predicted molar refractivity (Wildman–Crippen MR) is 502 cm³/mol. The SMILES string of the molecule is CC(C)(C)c1cc2c3c(c1)N(c1c(-c4ccccc4)cc(-c4cc(-c5ccccc5)c(C(C)(C)C)c(-c5ccccc5)c4)cc1-c1ccccc1)c1ccc(-c4ccccc4)cc1B3c1cc(-c3ccccc3)ccc1N2c1cc(-c2ccccc2)c(-c2cc(-c3ccccc3)c(C(C)(C)C)c(-c3ccccc3)c2)c(-c2ccccc2)c1. The van der Waals surface area contributed by atoms with Crippen LogP contribution in [0.2, 0.25) is 0 Å². The van der Waals surface area contributed by atoms with Crippen molar-refractivity contribution < 1.29 is 0 Å². The van der Waals surface area contributed by atoms with Gasteiger partial charge in [0.15, 0.2) is 0 Å². The molecule has 2 nitrogen and oxygen atoms in total. The Kier molecular flexibility index (Phi) is 18.9. The normalized spacial score (nSPS) is 12.4. The molecule has 0 aromatic heterocycles. The van der Waals surface area contributed by atoms with E-state index in [0.717, 1.165) is 106 Å². The zero-order chi connectivity index (χ0) is 79.7. The van der Waals surface area contributed by atoms with Gasteiger partial charge in [0.25, 0.3) is 6.71 Å². The van der Waals surface area contributed by atoms with Crippen LogP contribution in [-0.2, 0) is 16.2 Å². The Labute approximate surface area is 691 Å². The zero-order valence-electron chi connectivity index (χ0n) is 68.1. The van der Waals surface area contributed by atoms with Crippen molar-refractivity contribution in [2.24, 2.45) is 0 Å². The summed E-state index contributed by atoms with van der Waals surface area (Å²) in [5.74, 6) is 0. The van der Waals surface area contributed by atoms with Crippen LogP contribution in [0, 0.1) is 0 Å². The van der Waals surface area contributed by atoms with Gasteiger partial charge in [-0.1, -0.05) is 390 Å². The minimum atomic E-state index is -0.339. The molecule has 0 radical (unpaired) electrons. The van der Waals surface area contributed by atoms with Crippen LogP contribution < -0.4 is 26.2 Å². The van der Waals surface area contributed by atoms with Crippen LogP contribution in [0.3, 0.4) is 0 Å². The lowest BCUT2D eigenvalue weighted by atomic mass is 9.33. The van der Waals surface area contributed by atoms with Gasteiger partial charge >= 0.3 is 0 Å². The van der Waals surface area contributed by atoms with Gasteiger partial charge in [-0.05, 0) is 245 Å². The zero-order valence-corrected chi connectivity index (χ0v) is 68.1. The topological polar surface area (TPSA) is 6.48 Å². The summed E-state index contributed by atoms with van der Waals surface area (Å²) in [5, 5.41) is 0. The van der Waals surface area contributed by atoms with Crippen LogP contribution in [-0.4, -0.2) is 6.71 Å². The van der Waals surface area contributed by atoms with Gasteiger partial charge in [0.2, 0.25) is 0 Å². The van der Waals surface area contributed by atoms with Crippen molar-refractivity contribution >= 4 is 57.2 Å². The second-order valence-corrected chi connectivity index (χ2v) is 34.7. The lowest BCUT2D eigenvalue weighted by Gasteiger charge is -2.46. The third-order valence-electron chi connectivity index (χ3n) is 23.9. The molecular weight excluding hydrogens is 1410 g/mol. The number of hydrogen-bond donors (Lipinski definition) is 0. The van der Waals surface area contributed by atoms with E-state index < -0.39 is 0 Å². The van der Waals surface area contributed by atoms with Gasteiger partial charge in [0, 0.05) is 39.6 Å². The monoisotopic (exact) mass is 1500 g/mol. The highest BCUT2D eigenvalue weighted by Crippen LogP contribution is 2.56. The molecule has 2 heterocycles. The molecule has 0 bridgehead atoms. The number of hydrogen-bond acceptors (Lipinski definition) is 2. The first-order valence-electron chi connectivity index (χ1n) is 41.3. The number of anilines is 6. The first-order valence-corrected chi connectivity index (χ1v) is 41.3. The third kappa shape index (κ3) is 13.7. The van der Waals surface area contributed by atoms with Crippen molar-refractivity contribution in [1.29, 1.82) is 0 Å². The second kappa shape index (κ2) is 30.0. The maximum atomic E-state index is 2.71. The number of benzene rings is 17. The number of fused-ring (bicyclic) bond motifs is 4. The maximum absolute atomic E-state index is 2.71. The molecule has 0 spiro atoms. The smallest absolute Gasteiger partial charge is 0.252 e. The number of rotatable bonds is 14. The highest BCUT2D eigenvalue weighted by atomic mass is 15.2. The summed E-state index contributed by atoms with van der Waals surface area (Å²) in [4.78, 5) is 5.38. The lowest BCUT2D eigenvalue weighted by Crippen LogP contribution is -2.61. The first-order chi connectivity index (χ1) is 57.0. The molecule has 0 saturated heterocycles. The van der Waals surface area contributed by atoms with Crippen LogP contribution in [0.5, 0.6) is 0 Å². The quantitative estimate of drug-likeness (QED) is 0.100. The minimum Gasteiger partial charge on any atom is -0.311 e. The summed E-state index contributed by atoms with van der Waals surface area (Å²) in [6.07, 6.45) is 0. The fourth-order valence-corrected chi connectivity index (χ4v) is 18.6. The van der Waals surface area contributed by atoms with E-state index in [9.17, 15) is 0 Å². The third-order valence-corrected chi connectivity index (χ3v) is 23.9. The van der Waals surface area contributed by atoms with Gasteiger partial charge in [0.05, 0.1) is 5.69 Å². The first kappa shape index (κ1) is 73.6. The number of nitrogens with zero attached hydrogens (tertiary/aromatic N) is 2. The van der Waals surface area contributed by atoms with Crippen molar-refractivity contribution in [2.75, 3.05) is 9.80 Å². The van der Waals surface area contributed by atoms with Crippen molar-refractivity contribution in [3.63, 3.8) is 0 Å². The van der Waals surface area contributed by atoms with E-state index in [0.29, 0.717) is 0 Å². The minimum absolute atomic E-state index is 0.208. The highest BCUT2D eigenvalue weighted by Gasteiger charge is 2.46. The van der Waals surface area contributed by atoms with E-state index in [1.807, 2.05) is 0 Å². The molecule has 0 aliphatic carbocycles. The van der Waals surface area contributed by atoms with Gasteiger partial charge in [-0.2, -0.15) is 0 Å². The summed E-state index contributed by atoms with van der Waals surface area (Å²) in [7, 11) is 0. The van der Waals surface area contributed by atoms with Gasteiger partial charge in [-0.25, -0.2) is 0 Å². The van der Waals surface area contributed by atoms with Crippen LogP contribution in [0.1, 0.15) is 79.0 Å². The van der Waals surface area contributed by atoms with Crippen LogP contribution >= 0.6 is 0 Å². The molecule has 17 aromatic carbocycles. The summed E-state index contributed by atoms with van der Waals surface area (Å²) >= 11 is 0. The van der Waals surface area contributed by atoms with Crippen molar-refractivity contribution in [3.8, 4) is 134 Å². The summed E-state index contributed by atoms with van der Waals surface area (Å²) < 4.78 is 0. The van der Waals surface area contributed by atoms with Gasteiger partial charge < -0.3 is 9.80 Å². The van der Waals surface area contributed by atoms with E-state index in [1.165, 1.54) is 94.3 Å². The second-order valence-electron chi connectivity index (χ2n) is 34.7. The summed E-state index contributed by atoms with van der Waals surface area (Å²) in [6.45, 7) is 21.1. The fourth-order valence-electron chi connectivity index (χ4n) is 18.6. The largest absolute Gasteiger partial charge is 0.311 e.